The van der Waals surface area contributed by atoms with Crippen molar-refractivity contribution in [2.24, 2.45) is 0 Å². The monoisotopic (exact) mass is 201 g/mol. The summed E-state index contributed by atoms with van der Waals surface area (Å²) >= 11 is 0. The van der Waals surface area contributed by atoms with Gasteiger partial charge < -0.3 is 10.7 Å². The van der Waals surface area contributed by atoms with E-state index < -0.39 is 17.6 Å². The van der Waals surface area contributed by atoms with Gasteiger partial charge in [-0.05, 0) is 12.1 Å². The van der Waals surface area contributed by atoms with Gasteiger partial charge in [-0.3, -0.25) is 0 Å². The molecule has 0 aliphatic rings. The molecule has 0 saturated heterocycles. The molecular weight excluding hydrogens is 195 g/mol. The van der Waals surface area contributed by atoms with Crippen molar-refractivity contribution >= 4 is 16.9 Å². The van der Waals surface area contributed by atoms with Crippen LogP contribution >= 0.6 is 0 Å². The van der Waals surface area contributed by atoms with E-state index in [4.69, 9.17) is 5.73 Å². The molecule has 0 amide bonds. The van der Waals surface area contributed by atoms with Crippen LogP contribution in [0.1, 0.15) is 5.56 Å². The van der Waals surface area contributed by atoms with Crippen molar-refractivity contribution in [3.05, 3.63) is 23.9 Å². The highest BCUT2D eigenvalue weighted by molar-refractivity contribution is 5.78. The summed E-state index contributed by atoms with van der Waals surface area (Å²) in [5.41, 5.74) is 5.03. The van der Waals surface area contributed by atoms with Crippen molar-refractivity contribution in [3.63, 3.8) is 0 Å². The van der Waals surface area contributed by atoms with E-state index in [1.165, 1.54) is 6.20 Å². The van der Waals surface area contributed by atoms with E-state index in [1.807, 2.05) is 0 Å². The Bertz CT molecular complexity index is 472. The zero-order chi connectivity index (χ0) is 10.3. The minimum absolute atomic E-state index is 0.325. The SMILES string of the molecule is Nc1nc2cc[nH]c2cc1C(F)(F)F. The van der Waals surface area contributed by atoms with Crippen LogP contribution in [-0.2, 0) is 6.18 Å². The fourth-order valence-corrected chi connectivity index (χ4v) is 1.22. The van der Waals surface area contributed by atoms with Crippen LogP contribution < -0.4 is 5.73 Å². The van der Waals surface area contributed by atoms with E-state index in [-0.39, 0.29) is 0 Å². The molecule has 3 nitrogen and oxygen atoms in total. The zero-order valence-corrected chi connectivity index (χ0v) is 6.89. The molecule has 0 radical (unpaired) electrons. The fraction of sp³-hybridized carbons (Fsp3) is 0.125. The molecule has 0 aliphatic heterocycles. The summed E-state index contributed by atoms with van der Waals surface area (Å²) in [6.45, 7) is 0. The lowest BCUT2D eigenvalue weighted by atomic mass is 10.2. The number of anilines is 1. The van der Waals surface area contributed by atoms with Gasteiger partial charge in [-0.1, -0.05) is 0 Å². The number of nitrogens with two attached hydrogens (primary N) is 1. The van der Waals surface area contributed by atoms with E-state index in [0.29, 0.717) is 11.0 Å². The molecule has 74 valence electrons. The van der Waals surface area contributed by atoms with Crippen molar-refractivity contribution in [1.82, 2.24) is 9.97 Å². The number of halogens is 3. The third kappa shape index (κ3) is 1.28. The van der Waals surface area contributed by atoms with Crippen LogP contribution in [0.4, 0.5) is 19.0 Å². The first-order chi connectivity index (χ1) is 6.48. The molecule has 2 aromatic rings. The van der Waals surface area contributed by atoms with Crippen LogP contribution in [0.5, 0.6) is 0 Å². The normalized spacial score (nSPS) is 12.2. The van der Waals surface area contributed by atoms with Crippen LogP contribution in [0.25, 0.3) is 11.0 Å². The van der Waals surface area contributed by atoms with Gasteiger partial charge in [0.1, 0.15) is 5.82 Å². The minimum atomic E-state index is -4.46. The summed E-state index contributed by atoms with van der Waals surface area (Å²) in [5.74, 6) is -0.496. The summed E-state index contributed by atoms with van der Waals surface area (Å²) in [6.07, 6.45) is -2.95. The summed E-state index contributed by atoms with van der Waals surface area (Å²) in [5, 5.41) is 0. The van der Waals surface area contributed by atoms with Gasteiger partial charge in [0.05, 0.1) is 16.6 Å². The van der Waals surface area contributed by atoms with Crippen LogP contribution in [0.3, 0.4) is 0 Å². The second kappa shape index (κ2) is 2.63. The minimum Gasteiger partial charge on any atom is -0.383 e. The average Bonchev–Trinajstić information content (AvgIpc) is 2.47. The zero-order valence-electron chi connectivity index (χ0n) is 6.89. The first-order valence-corrected chi connectivity index (χ1v) is 3.79. The second-order valence-corrected chi connectivity index (χ2v) is 2.83. The molecular formula is C8H6F3N3. The average molecular weight is 201 g/mol. The predicted molar refractivity (Wildman–Crippen MR) is 45.5 cm³/mol. The maximum absolute atomic E-state index is 12.3. The first kappa shape index (κ1) is 8.86. The quantitative estimate of drug-likeness (QED) is 0.686. The highest BCUT2D eigenvalue weighted by Crippen LogP contribution is 2.33. The van der Waals surface area contributed by atoms with Crippen LogP contribution in [0.2, 0.25) is 0 Å². The Morgan fingerprint density at radius 3 is 2.71 bits per heavy atom. The van der Waals surface area contributed by atoms with Gasteiger partial charge in [0, 0.05) is 6.20 Å². The van der Waals surface area contributed by atoms with Gasteiger partial charge in [-0.25, -0.2) is 4.98 Å². The number of nitrogen functional groups attached to an aromatic ring is 1. The molecule has 3 N–H and O–H groups in total. The third-order valence-corrected chi connectivity index (χ3v) is 1.87. The fourth-order valence-electron chi connectivity index (χ4n) is 1.22. The Kier molecular flexibility index (Phi) is 1.67. The molecule has 2 aromatic heterocycles. The number of nitrogens with zero attached hydrogens (tertiary/aromatic N) is 1. The van der Waals surface area contributed by atoms with Crippen molar-refractivity contribution in [2.45, 2.75) is 6.18 Å². The maximum Gasteiger partial charge on any atom is 0.420 e. The van der Waals surface area contributed by atoms with Crippen molar-refractivity contribution in [3.8, 4) is 0 Å². The Balaban J connectivity index is 2.71. The number of aromatic nitrogens is 2. The first-order valence-electron chi connectivity index (χ1n) is 3.79. The number of fused-ring (bicyclic) bond motifs is 1. The molecule has 0 bridgehead atoms. The van der Waals surface area contributed by atoms with Gasteiger partial charge in [-0.15, -0.1) is 0 Å². The highest BCUT2D eigenvalue weighted by atomic mass is 19.4. The Morgan fingerprint density at radius 2 is 2.07 bits per heavy atom. The molecule has 6 heteroatoms. The van der Waals surface area contributed by atoms with E-state index in [2.05, 4.69) is 9.97 Å². The van der Waals surface area contributed by atoms with Crippen LogP contribution in [0, 0.1) is 0 Å². The molecule has 0 spiro atoms. The Hall–Kier alpha value is -1.72. The lowest BCUT2D eigenvalue weighted by molar-refractivity contribution is -0.137. The molecule has 2 heterocycles. The summed E-state index contributed by atoms with van der Waals surface area (Å²) in [4.78, 5) is 6.27. The second-order valence-electron chi connectivity index (χ2n) is 2.83. The van der Waals surface area contributed by atoms with Crippen molar-refractivity contribution in [1.29, 1.82) is 0 Å². The molecule has 2 rings (SSSR count). The van der Waals surface area contributed by atoms with E-state index in [0.717, 1.165) is 6.07 Å². The molecule has 14 heavy (non-hydrogen) atoms. The van der Waals surface area contributed by atoms with Crippen LogP contribution in [0.15, 0.2) is 18.3 Å². The standard InChI is InChI=1S/C8H6F3N3/c9-8(10,11)4-3-6-5(1-2-13-6)14-7(4)12/h1-3,13H,(H2,12,14). The maximum atomic E-state index is 12.3. The molecule has 0 aliphatic carbocycles. The van der Waals surface area contributed by atoms with Gasteiger partial charge in [-0.2, -0.15) is 13.2 Å². The number of aromatic amines is 1. The number of H-pyrrole nitrogens is 1. The van der Waals surface area contributed by atoms with Gasteiger partial charge in [0.25, 0.3) is 0 Å². The number of nitrogens with one attached hydrogen (secondary N) is 1. The molecule has 0 atom stereocenters. The smallest absolute Gasteiger partial charge is 0.383 e. The topological polar surface area (TPSA) is 54.7 Å². The molecule has 0 unspecified atom stereocenters. The number of hydrogen-bond donors (Lipinski definition) is 2. The number of alkyl halides is 3. The summed E-state index contributed by atoms with van der Waals surface area (Å²) in [7, 11) is 0. The van der Waals surface area contributed by atoms with E-state index in [9.17, 15) is 13.2 Å². The summed E-state index contributed by atoms with van der Waals surface area (Å²) in [6, 6.07) is 2.52. The number of hydrogen-bond acceptors (Lipinski definition) is 2. The summed E-state index contributed by atoms with van der Waals surface area (Å²) < 4.78 is 37.0. The Labute approximate surface area is 76.7 Å². The lowest BCUT2D eigenvalue weighted by Gasteiger charge is -2.08. The van der Waals surface area contributed by atoms with E-state index in [1.54, 1.807) is 6.07 Å². The van der Waals surface area contributed by atoms with E-state index >= 15 is 0 Å². The number of pyridine rings is 1. The van der Waals surface area contributed by atoms with Gasteiger partial charge in [0.2, 0.25) is 0 Å². The van der Waals surface area contributed by atoms with Gasteiger partial charge >= 0.3 is 6.18 Å². The third-order valence-electron chi connectivity index (χ3n) is 1.87. The molecule has 0 saturated carbocycles. The molecule has 0 aromatic carbocycles. The van der Waals surface area contributed by atoms with Gasteiger partial charge in [0.15, 0.2) is 0 Å². The van der Waals surface area contributed by atoms with Crippen molar-refractivity contribution < 1.29 is 13.2 Å². The lowest BCUT2D eigenvalue weighted by Crippen LogP contribution is -2.10. The molecule has 0 fully saturated rings. The number of rotatable bonds is 0. The van der Waals surface area contributed by atoms with Crippen molar-refractivity contribution in [2.75, 3.05) is 5.73 Å². The predicted octanol–water partition coefficient (Wildman–Crippen LogP) is 2.16. The largest absolute Gasteiger partial charge is 0.420 e. The Morgan fingerprint density at radius 1 is 1.36 bits per heavy atom. The van der Waals surface area contributed by atoms with Crippen LogP contribution in [-0.4, -0.2) is 9.97 Å². The highest BCUT2D eigenvalue weighted by Gasteiger charge is 2.34.